The Labute approximate surface area is 138 Å². The molecule has 0 spiro atoms. The van der Waals surface area contributed by atoms with Crippen LogP contribution in [0.25, 0.3) is 11.7 Å². The third-order valence-electron chi connectivity index (χ3n) is 3.23. The largest absolute Gasteiger partial charge is 0.385 e. The number of halogens is 1. The third kappa shape index (κ3) is 5.31. The van der Waals surface area contributed by atoms with Crippen molar-refractivity contribution in [1.29, 1.82) is 0 Å². The van der Waals surface area contributed by atoms with Crippen LogP contribution in [0.15, 0.2) is 24.4 Å². The fourth-order valence-corrected chi connectivity index (χ4v) is 2.06. The number of allylic oxidation sites excluding steroid dienone is 1. The van der Waals surface area contributed by atoms with E-state index in [0.29, 0.717) is 0 Å². The van der Waals surface area contributed by atoms with Crippen LogP contribution in [0, 0.1) is 0 Å². The van der Waals surface area contributed by atoms with Gasteiger partial charge in [-0.05, 0) is 31.1 Å². The zero-order chi connectivity index (χ0) is 14.9. The van der Waals surface area contributed by atoms with Gasteiger partial charge >= 0.3 is 0 Å². The van der Waals surface area contributed by atoms with Crippen LogP contribution in [-0.4, -0.2) is 34.9 Å². The predicted molar refractivity (Wildman–Crippen MR) is 93.8 cm³/mol. The average molecular weight is 325 g/mol. The maximum absolute atomic E-state index is 5.04. The molecule has 2 heterocycles. The fraction of sp³-hybridized carbons (Fsp3) is 0.500. The van der Waals surface area contributed by atoms with E-state index in [2.05, 4.69) is 34.5 Å². The first-order valence-electron chi connectivity index (χ1n) is 7.59. The quantitative estimate of drug-likeness (QED) is 0.713. The van der Waals surface area contributed by atoms with E-state index in [-0.39, 0.29) is 12.4 Å². The monoisotopic (exact) mass is 324 g/mol. The summed E-state index contributed by atoms with van der Waals surface area (Å²) in [5.41, 5.74) is 1.88. The second kappa shape index (κ2) is 10.2. The summed E-state index contributed by atoms with van der Waals surface area (Å²) in [5.74, 6) is 0.861. The molecule has 0 saturated carbocycles. The van der Waals surface area contributed by atoms with Crippen molar-refractivity contribution in [3.05, 3.63) is 30.1 Å². The van der Waals surface area contributed by atoms with E-state index < -0.39 is 0 Å². The Morgan fingerprint density at radius 2 is 2.18 bits per heavy atom. The topological polar surface area (TPSA) is 51.5 Å². The molecule has 0 bridgehead atoms. The van der Waals surface area contributed by atoms with Gasteiger partial charge in [-0.2, -0.15) is 0 Å². The van der Waals surface area contributed by atoms with Gasteiger partial charge in [-0.25, -0.2) is 9.50 Å². The number of aromatic nitrogens is 3. The van der Waals surface area contributed by atoms with E-state index in [4.69, 9.17) is 4.74 Å². The van der Waals surface area contributed by atoms with Crippen LogP contribution in [0.1, 0.15) is 38.3 Å². The molecule has 0 unspecified atom stereocenters. The van der Waals surface area contributed by atoms with Crippen molar-refractivity contribution in [3.63, 3.8) is 0 Å². The van der Waals surface area contributed by atoms with Gasteiger partial charge in [-0.3, -0.25) is 0 Å². The second-order valence-electron chi connectivity index (χ2n) is 4.99. The van der Waals surface area contributed by atoms with Crippen LogP contribution < -0.4 is 5.32 Å². The van der Waals surface area contributed by atoms with Gasteiger partial charge in [0.15, 0.2) is 5.65 Å². The first-order valence-corrected chi connectivity index (χ1v) is 7.59. The number of imidazole rings is 1. The number of hydrogen-bond acceptors (Lipinski definition) is 4. The van der Waals surface area contributed by atoms with Gasteiger partial charge in [0, 0.05) is 20.3 Å². The van der Waals surface area contributed by atoms with E-state index in [1.807, 2.05) is 22.8 Å². The Hall–Kier alpha value is -1.59. The number of methoxy groups -OCH3 is 1. The van der Waals surface area contributed by atoms with E-state index in [0.717, 1.165) is 43.2 Å². The Balaban J connectivity index is 0.00000242. The van der Waals surface area contributed by atoms with E-state index in [1.165, 1.54) is 12.8 Å². The molecule has 2 aromatic rings. The molecule has 0 aromatic carbocycles. The lowest BCUT2D eigenvalue weighted by atomic mass is 10.2. The molecule has 0 aliphatic rings. The van der Waals surface area contributed by atoms with Gasteiger partial charge in [0.05, 0.1) is 11.9 Å². The molecule has 2 rings (SSSR count). The highest BCUT2D eigenvalue weighted by atomic mass is 35.5. The smallest absolute Gasteiger partial charge is 0.154 e. The first-order chi connectivity index (χ1) is 10.3. The number of nitrogens with zero attached hydrogens (tertiary/aromatic N) is 3. The second-order valence-corrected chi connectivity index (χ2v) is 4.99. The molecule has 0 amide bonds. The van der Waals surface area contributed by atoms with Crippen molar-refractivity contribution >= 4 is 29.9 Å². The lowest BCUT2D eigenvalue weighted by Crippen LogP contribution is -2.08. The number of rotatable bonds is 9. The molecular formula is C16H25ClN4O. The number of hydrogen-bond donors (Lipinski definition) is 1. The molecule has 0 aliphatic carbocycles. The van der Waals surface area contributed by atoms with Crippen LogP contribution in [-0.2, 0) is 4.74 Å². The normalized spacial score (nSPS) is 11.0. The fourth-order valence-electron chi connectivity index (χ4n) is 2.06. The third-order valence-corrected chi connectivity index (χ3v) is 3.23. The molecule has 5 nitrogen and oxygen atoms in total. The number of fused-ring (bicyclic) bond motifs is 1. The Kier molecular flexibility index (Phi) is 8.55. The summed E-state index contributed by atoms with van der Waals surface area (Å²) in [6.07, 6.45) is 10.6. The van der Waals surface area contributed by atoms with Crippen LogP contribution >= 0.6 is 12.4 Å². The molecule has 22 heavy (non-hydrogen) atoms. The van der Waals surface area contributed by atoms with Gasteiger partial charge in [0.25, 0.3) is 0 Å². The highest BCUT2D eigenvalue weighted by Gasteiger charge is 2.03. The average Bonchev–Trinajstić information content (AvgIpc) is 2.91. The minimum absolute atomic E-state index is 0. The Morgan fingerprint density at radius 1 is 1.32 bits per heavy atom. The summed E-state index contributed by atoms with van der Waals surface area (Å²) < 4.78 is 6.91. The number of nitrogens with one attached hydrogen (secondary N) is 1. The van der Waals surface area contributed by atoms with Crippen molar-refractivity contribution in [1.82, 2.24) is 14.6 Å². The van der Waals surface area contributed by atoms with E-state index >= 15 is 0 Å². The molecule has 0 saturated heterocycles. The Bertz CT molecular complexity index is 583. The summed E-state index contributed by atoms with van der Waals surface area (Å²) in [6.45, 7) is 3.81. The van der Waals surface area contributed by atoms with Gasteiger partial charge in [-0.15, -0.1) is 17.5 Å². The van der Waals surface area contributed by atoms with E-state index in [9.17, 15) is 0 Å². The SMILES string of the molecule is CCCCC=Cc1cnc2ccc(NCCCOC)nn12.Cl. The highest BCUT2D eigenvalue weighted by molar-refractivity contribution is 5.85. The first kappa shape index (κ1) is 18.5. The van der Waals surface area contributed by atoms with Crippen LogP contribution in [0.5, 0.6) is 0 Å². The standard InChI is InChI=1S/C16H24N4O.ClH/c1-3-4-5-6-8-14-13-18-16-10-9-15(19-20(14)16)17-11-7-12-21-2;/h6,8-10,13H,3-5,7,11-12H2,1-2H3,(H,17,19);1H. The van der Waals surface area contributed by atoms with Gasteiger partial charge in [0.2, 0.25) is 0 Å². The molecule has 0 radical (unpaired) electrons. The highest BCUT2D eigenvalue weighted by Crippen LogP contribution is 2.11. The van der Waals surface area contributed by atoms with Crippen LogP contribution in [0.2, 0.25) is 0 Å². The van der Waals surface area contributed by atoms with Crippen molar-refractivity contribution in [2.75, 3.05) is 25.6 Å². The summed E-state index contributed by atoms with van der Waals surface area (Å²) in [7, 11) is 1.72. The lowest BCUT2D eigenvalue weighted by Gasteiger charge is -2.05. The number of anilines is 1. The zero-order valence-electron chi connectivity index (χ0n) is 13.3. The van der Waals surface area contributed by atoms with Gasteiger partial charge < -0.3 is 10.1 Å². The van der Waals surface area contributed by atoms with Crippen molar-refractivity contribution in [2.45, 2.75) is 32.6 Å². The molecule has 0 atom stereocenters. The Morgan fingerprint density at radius 3 is 2.95 bits per heavy atom. The molecular weight excluding hydrogens is 300 g/mol. The van der Waals surface area contributed by atoms with Gasteiger partial charge in [-0.1, -0.05) is 25.8 Å². The predicted octanol–water partition coefficient (Wildman–Crippen LogP) is 3.80. The molecule has 6 heteroatoms. The molecule has 122 valence electrons. The van der Waals surface area contributed by atoms with Crippen molar-refractivity contribution in [3.8, 4) is 0 Å². The summed E-state index contributed by atoms with van der Waals surface area (Å²) >= 11 is 0. The molecule has 0 aliphatic heterocycles. The number of unbranched alkanes of at least 4 members (excludes halogenated alkanes) is 2. The molecule has 2 aromatic heterocycles. The maximum Gasteiger partial charge on any atom is 0.154 e. The molecule has 1 N–H and O–H groups in total. The van der Waals surface area contributed by atoms with E-state index in [1.54, 1.807) is 7.11 Å². The molecule has 0 fully saturated rings. The van der Waals surface area contributed by atoms with Crippen molar-refractivity contribution < 1.29 is 4.74 Å². The maximum atomic E-state index is 5.04. The zero-order valence-corrected chi connectivity index (χ0v) is 14.1. The minimum Gasteiger partial charge on any atom is -0.385 e. The summed E-state index contributed by atoms with van der Waals surface area (Å²) in [6, 6.07) is 3.94. The summed E-state index contributed by atoms with van der Waals surface area (Å²) in [5, 5.41) is 7.88. The van der Waals surface area contributed by atoms with Crippen LogP contribution in [0.4, 0.5) is 5.82 Å². The minimum atomic E-state index is 0. The lowest BCUT2D eigenvalue weighted by molar-refractivity contribution is 0.197. The van der Waals surface area contributed by atoms with Gasteiger partial charge in [0.1, 0.15) is 5.82 Å². The summed E-state index contributed by atoms with van der Waals surface area (Å²) in [4.78, 5) is 4.37. The van der Waals surface area contributed by atoms with Crippen LogP contribution in [0.3, 0.4) is 0 Å². The number of ether oxygens (including phenoxy) is 1. The van der Waals surface area contributed by atoms with Crippen molar-refractivity contribution in [2.24, 2.45) is 0 Å².